The average molecular weight is 259 g/mol. The molecule has 0 radical (unpaired) electrons. The van der Waals surface area contributed by atoms with E-state index in [9.17, 15) is 9.59 Å². The van der Waals surface area contributed by atoms with E-state index in [1.54, 1.807) is 0 Å². The van der Waals surface area contributed by atoms with Gasteiger partial charge < -0.3 is 15.2 Å². The van der Waals surface area contributed by atoms with E-state index in [0.717, 1.165) is 19.3 Å². The molecule has 5 heteroatoms. The molecule has 0 aliphatic carbocycles. The summed E-state index contributed by atoms with van der Waals surface area (Å²) in [5.74, 6) is 0.200. The summed E-state index contributed by atoms with van der Waals surface area (Å²) in [5.41, 5.74) is 0. The standard InChI is InChI=1S/C13H25NO4/c1-4-5-6-18-12(15)8-11(7-10(2)3)9-14-13(16)17/h10-11,14H,4-9H2,1-3H3,(H,16,17). The SMILES string of the molecule is CCCCOC(=O)CC(CNC(=O)O)CC(C)C. The highest BCUT2D eigenvalue weighted by atomic mass is 16.5. The lowest BCUT2D eigenvalue weighted by Gasteiger charge is -2.18. The van der Waals surface area contributed by atoms with Crippen LogP contribution in [0, 0.1) is 11.8 Å². The largest absolute Gasteiger partial charge is 0.466 e. The summed E-state index contributed by atoms with van der Waals surface area (Å²) in [5, 5.41) is 10.9. The first-order chi connectivity index (χ1) is 8.45. The Hall–Kier alpha value is -1.26. The van der Waals surface area contributed by atoms with Crippen molar-refractivity contribution in [1.82, 2.24) is 5.32 Å². The highest BCUT2D eigenvalue weighted by Gasteiger charge is 2.17. The van der Waals surface area contributed by atoms with Gasteiger partial charge in [0.25, 0.3) is 0 Å². The number of unbranched alkanes of at least 4 members (excludes halogenated alkanes) is 1. The molecule has 0 saturated carbocycles. The predicted molar refractivity (Wildman–Crippen MR) is 69.5 cm³/mol. The van der Waals surface area contributed by atoms with Crippen molar-refractivity contribution in [3.8, 4) is 0 Å². The Morgan fingerprint density at radius 2 is 2.00 bits per heavy atom. The molecule has 18 heavy (non-hydrogen) atoms. The van der Waals surface area contributed by atoms with Crippen LogP contribution < -0.4 is 5.32 Å². The highest BCUT2D eigenvalue weighted by molar-refractivity contribution is 5.70. The molecule has 106 valence electrons. The molecule has 0 heterocycles. The fraction of sp³-hybridized carbons (Fsp3) is 0.846. The number of amides is 1. The van der Waals surface area contributed by atoms with Crippen LogP contribution in [0.4, 0.5) is 4.79 Å². The molecule has 2 N–H and O–H groups in total. The Balaban J connectivity index is 4.04. The quantitative estimate of drug-likeness (QED) is 0.493. The maximum Gasteiger partial charge on any atom is 0.404 e. The van der Waals surface area contributed by atoms with Crippen LogP contribution >= 0.6 is 0 Å². The maximum atomic E-state index is 11.6. The van der Waals surface area contributed by atoms with Gasteiger partial charge in [0.2, 0.25) is 0 Å². The molecule has 0 fully saturated rings. The second-order valence-corrected chi connectivity index (χ2v) is 4.96. The molecule has 0 aliphatic heterocycles. The van der Waals surface area contributed by atoms with E-state index in [1.807, 2.05) is 6.92 Å². The van der Waals surface area contributed by atoms with Gasteiger partial charge in [-0.15, -0.1) is 0 Å². The minimum Gasteiger partial charge on any atom is -0.466 e. The molecule has 0 saturated heterocycles. The summed E-state index contributed by atoms with van der Waals surface area (Å²) in [6, 6.07) is 0. The van der Waals surface area contributed by atoms with Crippen LogP contribution in [0.5, 0.6) is 0 Å². The molecule has 1 unspecified atom stereocenters. The lowest BCUT2D eigenvalue weighted by molar-refractivity contribution is -0.145. The maximum absolute atomic E-state index is 11.6. The van der Waals surface area contributed by atoms with Crippen molar-refractivity contribution in [2.24, 2.45) is 11.8 Å². The van der Waals surface area contributed by atoms with Gasteiger partial charge in [-0.1, -0.05) is 27.2 Å². The molecule has 0 rings (SSSR count). The number of carbonyl (C=O) groups is 2. The molecule has 1 atom stereocenters. The second-order valence-electron chi connectivity index (χ2n) is 4.96. The van der Waals surface area contributed by atoms with E-state index in [2.05, 4.69) is 19.2 Å². The fourth-order valence-corrected chi connectivity index (χ4v) is 1.76. The number of carbonyl (C=O) groups excluding carboxylic acids is 1. The zero-order valence-corrected chi connectivity index (χ0v) is 11.6. The third-order valence-corrected chi connectivity index (χ3v) is 2.56. The van der Waals surface area contributed by atoms with Crippen molar-refractivity contribution < 1.29 is 19.4 Å². The molecular formula is C13H25NO4. The van der Waals surface area contributed by atoms with Gasteiger partial charge in [-0.05, 0) is 24.7 Å². The van der Waals surface area contributed by atoms with Crippen LogP contribution in [0.25, 0.3) is 0 Å². The van der Waals surface area contributed by atoms with E-state index in [4.69, 9.17) is 9.84 Å². The van der Waals surface area contributed by atoms with Crippen LogP contribution in [-0.4, -0.2) is 30.3 Å². The molecular weight excluding hydrogens is 234 g/mol. The zero-order chi connectivity index (χ0) is 14.0. The molecule has 0 aromatic rings. The fourth-order valence-electron chi connectivity index (χ4n) is 1.76. The van der Waals surface area contributed by atoms with Crippen molar-refractivity contribution in [3.63, 3.8) is 0 Å². The minimum atomic E-state index is -1.05. The monoisotopic (exact) mass is 259 g/mol. The normalized spacial score (nSPS) is 12.2. The smallest absolute Gasteiger partial charge is 0.404 e. The Kier molecular flexibility index (Phi) is 9.06. The number of ether oxygens (including phenoxy) is 1. The highest BCUT2D eigenvalue weighted by Crippen LogP contribution is 2.15. The molecule has 5 nitrogen and oxygen atoms in total. The van der Waals surface area contributed by atoms with Gasteiger partial charge in [-0.25, -0.2) is 4.79 Å². The van der Waals surface area contributed by atoms with Crippen molar-refractivity contribution in [3.05, 3.63) is 0 Å². The molecule has 0 spiro atoms. The third-order valence-electron chi connectivity index (χ3n) is 2.56. The Morgan fingerprint density at radius 1 is 1.33 bits per heavy atom. The van der Waals surface area contributed by atoms with E-state index in [1.165, 1.54) is 0 Å². The first kappa shape index (κ1) is 16.7. The summed E-state index contributed by atoms with van der Waals surface area (Å²) in [4.78, 5) is 22.0. The molecule has 0 aromatic carbocycles. The number of carboxylic acid groups (broad SMARTS) is 1. The summed E-state index contributed by atoms with van der Waals surface area (Å²) >= 11 is 0. The Labute approximate surface area is 109 Å². The predicted octanol–water partition coefficient (Wildman–Crippen LogP) is 2.65. The summed E-state index contributed by atoms with van der Waals surface area (Å²) in [6.07, 6.45) is 1.89. The third kappa shape index (κ3) is 9.93. The van der Waals surface area contributed by atoms with Gasteiger partial charge >= 0.3 is 12.1 Å². The second kappa shape index (κ2) is 9.74. The van der Waals surface area contributed by atoms with Gasteiger partial charge in [0, 0.05) is 6.54 Å². The van der Waals surface area contributed by atoms with Crippen LogP contribution in [0.3, 0.4) is 0 Å². The first-order valence-electron chi connectivity index (χ1n) is 6.58. The van der Waals surface area contributed by atoms with Gasteiger partial charge in [0.05, 0.1) is 13.0 Å². The van der Waals surface area contributed by atoms with Crippen LogP contribution in [0.1, 0.15) is 46.5 Å². The van der Waals surface area contributed by atoms with Gasteiger partial charge in [-0.3, -0.25) is 4.79 Å². The molecule has 0 aliphatic rings. The number of esters is 1. The lowest BCUT2D eigenvalue weighted by Crippen LogP contribution is -2.30. The topological polar surface area (TPSA) is 75.6 Å². The number of rotatable bonds is 9. The Morgan fingerprint density at radius 3 is 2.50 bits per heavy atom. The van der Waals surface area contributed by atoms with Gasteiger partial charge in [0.15, 0.2) is 0 Å². The van der Waals surface area contributed by atoms with Crippen LogP contribution in [0.15, 0.2) is 0 Å². The minimum absolute atomic E-state index is 0.00947. The van der Waals surface area contributed by atoms with E-state index in [0.29, 0.717) is 19.1 Å². The van der Waals surface area contributed by atoms with Crippen molar-refractivity contribution in [2.45, 2.75) is 46.5 Å². The number of nitrogens with one attached hydrogen (secondary N) is 1. The summed E-state index contributed by atoms with van der Waals surface area (Å²) < 4.78 is 5.09. The average Bonchev–Trinajstić information content (AvgIpc) is 2.25. The zero-order valence-electron chi connectivity index (χ0n) is 11.6. The van der Waals surface area contributed by atoms with Crippen molar-refractivity contribution in [1.29, 1.82) is 0 Å². The van der Waals surface area contributed by atoms with Crippen LogP contribution in [-0.2, 0) is 9.53 Å². The first-order valence-corrected chi connectivity index (χ1v) is 6.58. The molecule has 0 aromatic heterocycles. The van der Waals surface area contributed by atoms with E-state index >= 15 is 0 Å². The van der Waals surface area contributed by atoms with Crippen molar-refractivity contribution in [2.75, 3.05) is 13.2 Å². The van der Waals surface area contributed by atoms with Gasteiger partial charge in [-0.2, -0.15) is 0 Å². The Bertz CT molecular complexity index is 253. The summed E-state index contributed by atoms with van der Waals surface area (Å²) in [6.45, 7) is 6.89. The van der Waals surface area contributed by atoms with Crippen molar-refractivity contribution >= 4 is 12.1 Å². The van der Waals surface area contributed by atoms with Crippen LogP contribution in [0.2, 0.25) is 0 Å². The molecule has 1 amide bonds. The van der Waals surface area contributed by atoms with E-state index < -0.39 is 6.09 Å². The number of hydrogen-bond donors (Lipinski definition) is 2. The lowest BCUT2D eigenvalue weighted by atomic mass is 9.94. The van der Waals surface area contributed by atoms with E-state index in [-0.39, 0.29) is 18.3 Å². The summed E-state index contributed by atoms with van der Waals surface area (Å²) in [7, 11) is 0. The number of hydrogen-bond acceptors (Lipinski definition) is 3. The van der Waals surface area contributed by atoms with Gasteiger partial charge in [0.1, 0.15) is 0 Å². The molecule has 0 bridgehead atoms.